The number of carbonyl (C=O) groups excluding carboxylic acids is 1. The molecule has 0 aromatic rings. The van der Waals surface area contributed by atoms with Gasteiger partial charge in [-0.1, -0.05) is 0 Å². The van der Waals surface area contributed by atoms with Crippen LogP contribution in [-0.2, 0) is 14.3 Å². The molecule has 3 nitrogen and oxygen atoms in total. The molecule has 0 aromatic heterocycles. The molecule has 0 N–H and O–H groups in total. The first-order chi connectivity index (χ1) is 5.13. The van der Waals surface area contributed by atoms with Crippen LogP contribution in [0.25, 0.3) is 0 Å². The van der Waals surface area contributed by atoms with Gasteiger partial charge >= 0.3 is 5.97 Å². The van der Waals surface area contributed by atoms with E-state index in [2.05, 4.69) is 0 Å². The summed E-state index contributed by atoms with van der Waals surface area (Å²) in [6, 6.07) is 0. The van der Waals surface area contributed by atoms with Crippen LogP contribution in [0.5, 0.6) is 0 Å². The third-order valence-electron chi connectivity index (χ3n) is 1.56. The van der Waals surface area contributed by atoms with E-state index in [9.17, 15) is 4.79 Å². The van der Waals surface area contributed by atoms with Gasteiger partial charge in [-0.15, -0.1) is 11.6 Å². The zero-order valence-electron chi connectivity index (χ0n) is 6.39. The molecule has 0 aliphatic carbocycles. The molecule has 62 valence electrons. The summed E-state index contributed by atoms with van der Waals surface area (Å²) in [4.78, 5) is 10.9. The highest BCUT2D eigenvalue weighted by molar-refractivity contribution is 6.19. The lowest BCUT2D eigenvalue weighted by atomic mass is 10.2. The molecule has 1 aliphatic rings. The summed E-state index contributed by atoms with van der Waals surface area (Å²) < 4.78 is 9.81. The molecule has 0 amide bonds. The predicted molar refractivity (Wildman–Crippen MR) is 40.3 cm³/mol. The number of methoxy groups -OCH3 is 1. The van der Waals surface area contributed by atoms with Crippen molar-refractivity contribution in [1.29, 1.82) is 0 Å². The lowest BCUT2D eigenvalue weighted by Gasteiger charge is -2.20. The molecule has 0 saturated heterocycles. The summed E-state index contributed by atoms with van der Waals surface area (Å²) in [5, 5.41) is 0. The average Bonchev–Trinajstić information content (AvgIpc) is 2.29. The number of esters is 1. The standard InChI is InChI=1S/C7H9ClO3/c1-5-3-7(4-8,10-2)11-6(5)9/h3H,4H2,1-2H3. The van der Waals surface area contributed by atoms with Gasteiger partial charge in [-0.25, -0.2) is 4.79 Å². The van der Waals surface area contributed by atoms with Gasteiger partial charge in [0.1, 0.15) is 0 Å². The molecule has 4 heteroatoms. The SMILES string of the molecule is COC1(CCl)C=C(C)C(=O)O1. The van der Waals surface area contributed by atoms with E-state index in [0.717, 1.165) is 0 Å². The van der Waals surface area contributed by atoms with Crippen LogP contribution >= 0.6 is 11.6 Å². The lowest BCUT2D eigenvalue weighted by Crippen LogP contribution is -2.32. The maximum absolute atomic E-state index is 10.9. The Morgan fingerprint density at radius 3 is 2.64 bits per heavy atom. The number of carbonyl (C=O) groups is 1. The van der Waals surface area contributed by atoms with E-state index in [1.165, 1.54) is 7.11 Å². The van der Waals surface area contributed by atoms with Gasteiger partial charge in [0.25, 0.3) is 0 Å². The number of halogens is 1. The highest BCUT2D eigenvalue weighted by Gasteiger charge is 2.37. The van der Waals surface area contributed by atoms with Crippen molar-refractivity contribution in [2.24, 2.45) is 0 Å². The molecule has 0 saturated carbocycles. The molecular weight excluding hydrogens is 168 g/mol. The third-order valence-corrected chi connectivity index (χ3v) is 1.93. The molecule has 1 heterocycles. The highest BCUT2D eigenvalue weighted by atomic mass is 35.5. The Kier molecular flexibility index (Phi) is 2.20. The number of alkyl halides is 1. The molecule has 0 spiro atoms. The van der Waals surface area contributed by atoms with Crippen LogP contribution in [0.2, 0.25) is 0 Å². The average molecular weight is 177 g/mol. The van der Waals surface area contributed by atoms with Gasteiger partial charge in [-0.05, 0) is 13.0 Å². The molecule has 1 atom stereocenters. The van der Waals surface area contributed by atoms with Crippen molar-refractivity contribution in [2.75, 3.05) is 13.0 Å². The van der Waals surface area contributed by atoms with Crippen molar-refractivity contribution in [3.8, 4) is 0 Å². The van der Waals surface area contributed by atoms with Gasteiger partial charge in [-0.3, -0.25) is 0 Å². The second-order valence-corrected chi connectivity index (χ2v) is 2.63. The Hall–Kier alpha value is -0.540. The summed E-state index contributed by atoms with van der Waals surface area (Å²) in [7, 11) is 1.45. The molecule has 1 rings (SSSR count). The first kappa shape index (κ1) is 8.56. The number of ether oxygens (including phenoxy) is 2. The fourth-order valence-electron chi connectivity index (χ4n) is 0.877. The van der Waals surface area contributed by atoms with Crippen molar-refractivity contribution in [2.45, 2.75) is 12.7 Å². The van der Waals surface area contributed by atoms with Crippen molar-refractivity contribution >= 4 is 17.6 Å². The van der Waals surface area contributed by atoms with E-state index in [1.807, 2.05) is 0 Å². The van der Waals surface area contributed by atoms with Crippen LogP contribution in [0.15, 0.2) is 11.6 Å². The van der Waals surface area contributed by atoms with Crippen molar-refractivity contribution in [3.05, 3.63) is 11.6 Å². The zero-order chi connectivity index (χ0) is 8.48. The van der Waals surface area contributed by atoms with E-state index < -0.39 is 5.79 Å². The molecule has 0 aromatic carbocycles. The van der Waals surface area contributed by atoms with Gasteiger partial charge in [0.05, 0.1) is 5.88 Å². The summed E-state index contributed by atoms with van der Waals surface area (Å²) in [6.07, 6.45) is 1.59. The predicted octanol–water partition coefficient (Wildman–Crippen LogP) is 1.07. The number of hydrogen-bond donors (Lipinski definition) is 0. The summed E-state index contributed by atoms with van der Waals surface area (Å²) in [6.45, 7) is 1.66. The van der Waals surface area contributed by atoms with Crippen LogP contribution in [-0.4, -0.2) is 24.7 Å². The normalized spacial score (nSPS) is 30.1. The van der Waals surface area contributed by atoms with Gasteiger partial charge in [0, 0.05) is 12.7 Å². The minimum absolute atomic E-state index is 0.118. The minimum Gasteiger partial charge on any atom is -0.425 e. The number of cyclic esters (lactones) is 1. The second kappa shape index (κ2) is 2.83. The smallest absolute Gasteiger partial charge is 0.336 e. The van der Waals surface area contributed by atoms with Crippen LogP contribution in [0.1, 0.15) is 6.92 Å². The molecule has 11 heavy (non-hydrogen) atoms. The fourth-order valence-corrected chi connectivity index (χ4v) is 1.12. The lowest BCUT2D eigenvalue weighted by molar-refractivity contribution is -0.180. The molecule has 0 radical (unpaired) electrons. The van der Waals surface area contributed by atoms with Crippen molar-refractivity contribution in [3.63, 3.8) is 0 Å². The van der Waals surface area contributed by atoms with Crippen LogP contribution in [0.4, 0.5) is 0 Å². The summed E-state index contributed by atoms with van der Waals surface area (Å²) in [5.74, 6) is -1.28. The fraction of sp³-hybridized carbons (Fsp3) is 0.571. The molecule has 1 aliphatic heterocycles. The first-order valence-electron chi connectivity index (χ1n) is 3.17. The Morgan fingerprint density at radius 1 is 1.82 bits per heavy atom. The molecule has 0 fully saturated rings. The maximum atomic E-state index is 10.9. The monoisotopic (exact) mass is 176 g/mol. The van der Waals surface area contributed by atoms with E-state index >= 15 is 0 Å². The topological polar surface area (TPSA) is 35.5 Å². The van der Waals surface area contributed by atoms with E-state index in [4.69, 9.17) is 21.1 Å². The molecule has 0 bridgehead atoms. The zero-order valence-corrected chi connectivity index (χ0v) is 7.14. The Balaban J connectivity index is 2.85. The van der Waals surface area contributed by atoms with E-state index in [1.54, 1.807) is 13.0 Å². The summed E-state index contributed by atoms with van der Waals surface area (Å²) >= 11 is 5.55. The largest absolute Gasteiger partial charge is 0.425 e. The van der Waals surface area contributed by atoms with Crippen LogP contribution in [0, 0.1) is 0 Å². The minimum atomic E-state index is -1.03. The Labute approximate surface area is 69.9 Å². The van der Waals surface area contributed by atoms with Crippen LogP contribution < -0.4 is 0 Å². The number of rotatable bonds is 2. The van der Waals surface area contributed by atoms with E-state index in [-0.39, 0.29) is 11.8 Å². The molecular formula is C7H9ClO3. The van der Waals surface area contributed by atoms with Crippen LogP contribution in [0.3, 0.4) is 0 Å². The van der Waals surface area contributed by atoms with Gasteiger partial charge < -0.3 is 9.47 Å². The van der Waals surface area contributed by atoms with E-state index in [0.29, 0.717) is 5.57 Å². The second-order valence-electron chi connectivity index (χ2n) is 2.37. The Bertz CT molecular complexity index is 206. The summed E-state index contributed by atoms with van der Waals surface area (Å²) in [5.41, 5.74) is 0.535. The maximum Gasteiger partial charge on any atom is 0.336 e. The first-order valence-corrected chi connectivity index (χ1v) is 3.71. The van der Waals surface area contributed by atoms with Gasteiger partial charge in [-0.2, -0.15) is 0 Å². The third kappa shape index (κ3) is 1.39. The molecule has 1 unspecified atom stereocenters. The quantitative estimate of drug-likeness (QED) is 0.467. The van der Waals surface area contributed by atoms with Gasteiger partial charge in [0.2, 0.25) is 5.79 Å². The Morgan fingerprint density at radius 2 is 2.45 bits per heavy atom. The van der Waals surface area contributed by atoms with Crippen molar-refractivity contribution < 1.29 is 14.3 Å². The number of hydrogen-bond acceptors (Lipinski definition) is 3. The van der Waals surface area contributed by atoms with Gasteiger partial charge in [0.15, 0.2) is 0 Å². The highest BCUT2D eigenvalue weighted by Crippen LogP contribution is 2.26. The van der Waals surface area contributed by atoms with Crippen molar-refractivity contribution in [1.82, 2.24) is 0 Å².